The van der Waals surface area contributed by atoms with E-state index in [1.54, 1.807) is 0 Å². The van der Waals surface area contributed by atoms with E-state index in [9.17, 15) is 19.1 Å². The van der Waals surface area contributed by atoms with Crippen molar-refractivity contribution in [2.24, 2.45) is 5.92 Å². The quantitative estimate of drug-likeness (QED) is 0.213. The summed E-state index contributed by atoms with van der Waals surface area (Å²) in [5.41, 5.74) is 3.64. The van der Waals surface area contributed by atoms with Crippen LogP contribution in [-0.2, 0) is 20.3 Å². The zero-order valence-corrected chi connectivity index (χ0v) is 26.3. The number of phosphoric ester groups is 1. The molecular formula is C26H31Na2O7P. The maximum atomic E-state index is 12.4. The predicted molar refractivity (Wildman–Crippen MR) is 123 cm³/mol. The summed E-state index contributed by atoms with van der Waals surface area (Å²) >= 11 is 0. The molecule has 7 nitrogen and oxygen atoms in total. The molecule has 184 valence electrons. The summed E-state index contributed by atoms with van der Waals surface area (Å²) in [5.74, 6) is 1.81. The molecule has 2 aromatic rings. The molecule has 1 atom stereocenters. The zero-order chi connectivity index (χ0) is 24.1. The van der Waals surface area contributed by atoms with E-state index in [-0.39, 0.29) is 102 Å². The molecule has 0 saturated heterocycles. The second-order valence-electron chi connectivity index (χ2n) is 9.21. The molecule has 0 N–H and O–H groups in total. The molecule has 0 radical (unpaired) electrons. The van der Waals surface area contributed by atoms with Crippen molar-refractivity contribution >= 4 is 13.6 Å². The number of rotatable bonds is 9. The maximum Gasteiger partial charge on any atom is 1.00 e. The first-order valence-corrected chi connectivity index (χ1v) is 13.5. The Hall–Kier alpha value is -0.180. The largest absolute Gasteiger partial charge is 1.00 e. The Morgan fingerprint density at radius 3 is 2.47 bits per heavy atom. The van der Waals surface area contributed by atoms with Gasteiger partial charge in [0.2, 0.25) is 0 Å². The van der Waals surface area contributed by atoms with Crippen molar-refractivity contribution < 1.29 is 92.3 Å². The van der Waals surface area contributed by atoms with E-state index in [0.717, 1.165) is 55.6 Å². The van der Waals surface area contributed by atoms with Crippen LogP contribution < -0.4 is 78.4 Å². The third-order valence-corrected chi connectivity index (χ3v) is 7.26. The van der Waals surface area contributed by atoms with Crippen LogP contribution in [0.1, 0.15) is 67.7 Å². The van der Waals surface area contributed by atoms with E-state index in [1.807, 2.05) is 18.2 Å². The smallest absolute Gasteiger partial charge is 0.790 e. The van der Waals surface area contributed by atoms with Crippen LogP contribution in [-0.4, -0.2) is 18.5 Å². The van der Waals surface area contributed by atoms with E-state index >= 15 is 0 Å². The molecule has 1 aliphatic heterocycles. The van der Waals surface area contributed by atoms with Gasteiger partial charge in [-0.15, -0.1) is 0 Å². The van der Waals surface area contributed by atoms with Crippen LogP contribution in [0, 0.1) is 12.8 Å². The van der Waals surface area contributed by atoms with Crippen molar-refractivity contribution in [2.75, 3.05) is 6.61 Å². The summed E-state index contributed by atoms with van der Waals surface area (Å²) in [6.45, 7) is 1.88. The van der Waals surface area contributed by atoms with Crippen LogP contribution in [0.2, 0.25) is 0 Å². The standard InChI is InChI=1S/C26H33O7P.2Na/c1-18-5-2-3-6-23(18)26-14-10-20-17-22(13-15-25(20)33-26)32-21-11-8-19(9-12-21)24(27)7-4-16-31-34(28,29)30;;/h2-3,5-6,13,15,17,19,21,26H,4,7-12,14,16H2,1H3,(H2,28,29,30);;/q;2*+1/p-2/t19?,21?,26-;;/m0../s1. The van der Waals surface area contributed by atoms with E-state index in [4.69, 9.17) is 9.47 Å². The number of ketones is 1. The Bertz CT molecular complexity index is 1050. The Labute approximate surface area is 257 Å². The van der Waals surface area contributed by atoms with Gasteiger partial charge in [-0.1, -0.05) is 24.3 Å². The molecule has 10 heteroatoms. The van der Waals surface area contributed by atoms with Gasteiger partial charge in [0.05, 0.1) is 20.5 Å². The van der Waals surface area contributed by atoms with Crippen LogP contribution in [0.15, 0.2) is 42.5 Å². The fourth-order valence-electron chi connectivity index (χ4n) is 4.93. The van der Waals surface area contributed by atoms with Crippen molar-refractivity contribution in [3.8, 4) is 11.5 Å². The fourth-order valence-corrected chi connectivity index (χ4v) is 5.28. The Morgan fingerprint density at radius 2 is 1.78 bits per heavy atom. The minimum absolute atomic E-state index is 0. The van der Waals surface area contributed by atoms with E-state index in [2.05, 4.69) is 35.7 Å². The molecule has 1 saturated carbocycles. The first-order valence-electron chi connectivity index (χ1n) is 12.0. The predicted octanol–water partition coefficient (Wildman–Crippen LogP) is -1.80. The topological polar surface area (TPSA) is 108 Å². The number of aryl methyl sites for hydroxylation is 2. The second kappa shape index (κ2) is 14.8. The van der Waals surface area contributed by atoms with Crippen LogP contribution >= 0.6 is 7.82 Å². The summed E-state index contributed by atoms with van der Waals surface area (Å²) in [7, 11) is -4.96. The number of hydrogen-bond donors (Lipinski definition) is 0. The van der Waals surface area contributed by atoms with Crippen LogP contribution in [0.5, 0.6) is 11.5 Å². The molecule has 0 amide bonds. The number of Topliss-reactive ketones (excluding diaryl/α,β-unsaturated/α-hetero) is 1. The van der Waals surface area contributed by atoms with Gasteiger partial charge in [-0.3, -0.25) is 4.79 Å². The van der Waals surface area contributed by atoms with Gasteiger partial charge in [0.15, 0.2) is 0 Å². The molecule has 0 unspecified atom stereocenters. The van der Waals surface area contributed by atoms with E-state index in [1.165, 1.54) is 11.1 Å². The summed E-state index contributed by atoms with van der Waals surface area (Å²) < 4.78 is 27.2. The van der Waals surface area contributed by atoms with Gasteiger partial charge in [-0.25, -0.2) is 0 Å². The van der Waals surface area contributed by atoms with E-state index in [0.29, 0.717) is 0 Å². The number of fused-ring (bicyclic) bond motifs is 1. The van der Waals surface area contributed by atoms with Crippen molar-refractivity contribution in [1.82, 2.24) is 0 Å². The SMILES string of the molecule is Cc1ccccc1[C@@H]1CCc2cc(OC3CCC(C(=O)CCCOP(=O)([O-])[O-])CC3)ccc2O1.[Na+].[Na+]. The summed E-state index contributed by atoms with van der Waals surface area (Å²) in [4.78, 5) is 33.3. The second-order valence-corrected chi connectivity index (χ2v) is 10.4. The normalized spacial score (nSPS) is 21.2. The number of ether oxygens (including phenoxy) is 2. The van der Waals surface area contributed by atoms with Gasteiger partial charge >= 0.3 is 59.1 Å². The van der Waals surface area contributed by atoms with Gasteiger partial charge < -0.3 is 28.3 Å². The molecule has 0 spiro atoms. The minimum Gasteiger partial charge on any atom is -0.790 e. The van der Waals surface area contributed by atoms with Crippen LogP contribution in [0.25, 0.3) is 0 Å². The average molecular weight is 532 g/mol. The fraction of sp³-hybridized carbons (Fsp3) is 0.500. The van der Waals surface area contributed by atoms with E-state index < -0.39 is 7.82 Å². The monoisotopic (exact) mass is 532 g/mol. The molecule has 2 aromatic carbocycles. The summed E-state index contributed by atoms with van der Waals surface area (Å²) in [6, 6.07) is 14.4. The molecule has 0 bridgehead atoms. The van der Waals surface area contributed by atoms with Crippen molar-refractivity contribution in [3.05, 3.63) is 59.2 Å². The van der Waals surface area contributed by atoms with Gasteiger partial charge in [-0.05, 0) is 86.8 Å². The van der Waals surface area contributed by atoms with Gasteiger partial charge in [0.1, 0.15) is 23.4 Å². The average Bonchev–Trinajstić information content (AvgIpc) is 2.81. The van der Waals surface area contributed by atoms with Gasteiger partial charge in [0, 0.05) is 12.3 Å². The first-order chi connectivity index (χ1) is 16.3. The molecule has 4 rings (SSSR count). The van der Waals surface area contributed by atoms with Gasteiger partial charge in [-0.2, -0.15) is 0 Å². The zero-order valence-electron chi connectivity index (χ0n) is 21.4. The Morgan fingerprint density at radius 1 is 1.06 bits per heavy atom. The van der Waals surface area contributed by atoms with Crippen molar-refractivity contribution in [1.29, 1.82) is 0 Å². The number of hydrogen-bond acceptors (Lipinski definition) is 7. The van der Waals surface area contributed by atoms with Gasteiger partial charge in [0.25, 0.3) is 0 Å². The number of benzene rings is 2. The molecule has 36 heavy (non-hydrogen) atoms. The Balaban J connectivity index is 0.00000228. The molecular weight excluding hydrogens is 501 g/mol. The molecule has 2 aliphatic rings. The third kappa shape index (κ3) is 9.23. The van der Waals surface area contributed by atoms with Crippen molar-refractivity contribution in [2.45, 2.75) is 70.5 Å². The van der Waals surface area contributed by atoms with Crippen molar-refractivity contribution in [3.63, 3.8) is 0 Å². The Kier molecular flexibility index (Phi) is 13.2. The molecule has 1 heterocycles. The molecule has 0 aromatic heterocycles. The first kappa shape index (κ1) is 32.0. The molecule has 1 aliphatic carbocycles. The number of carbonyl (C=O) groups is 1. The number of carbonyl (C=O) groups excluding carboxylic acids is 1. The summed E-state index contributed by atoms with van der Waals surface area (Å²) in [6.07, 6.45) is 5.57. The maximum absolute atomic E-state index is 12.4. The summed E-state index contributed by atoms with van der Waals surface area (Å²) in [5, 5.41) is 0. The number of phosphoric acid groups is 1. The minimum atomic E-state index is -4.96. The van der Waals surface area contributed by atoms with Crippen LogP contribution in [0.3, 0.4) is 0 Å². The van der Waals surface area contributed by atoms with Crippen LogP contribution in [0.4, 0.5) is 0 Å². The third-order valence-electron chi connectivity index (χ3n) is 6.76. The molecule has 1 fully saturated rings.